The van der Waals surface area contributed by atoms with Crippen molar-refractivity contribution >= 4 is 5.97 Å². The Balaban J connectivity index is 1.67. The van der Waals surface area contributed by atoms with E-state index in [-0.39, 0.29) is 5.92 Å². The zero-order valence-electron chi connectivity index (χ0n) is 11.8. The van der Waals surface area contributed by atoms with Crippen molar-refractivity contribution < 1.29 is 9.90 Å². The molecule has 2 rings (SSSR count). The minimum absolute atomic E-state index is 0.0420. The first-order chi connectivity index (χ1) is 8.65. The highest BCUT2D eigenvalue weighted by atomic mass is 16.4. The Morgan fingerprint density at radius 1 is 1.22 bits per heavy atom. The van der Waals surface area contributed by atoms with Crippen LogP contribution in [-0.4, -0.2) is 11.1 Å². The molecule has 0 unspecified atom stereocenters. The standard InChI is InChI=1S/C16H28O2/c1-2-16(11-14(12-16)15(17)18)10-6-9-13-7-4-3-5-8-13/h13-14H,2-12H2,1H3,(H,17,18). The third-order valence-electron chi connectivity index (χ3n) is 5.50. The third kappa shape index (κ3) is 3.27. The van der Waals surface area contributed by atoms with E-state index in [0.29, 0.717) is 5.41 Å². The van der Waals surface area contributed by atoms with Gasteiger partial charge in [-0.1, -0.05) is 58.3 Å². The average Bonchev–Trinajstić information content (AvgIpc) is 2.33. The monoisotopic (exact) mass is 252 g/mol. The summed E-state index contributed by atoms with van der Waals surface area (Å²) in [7, 11) is 0. The maximum Gasteiger partial charge on any atom is 0.306 e. The molecule has 104 valence electrons. The predicted molar refractivity (Wildman–Crippen MR) is 73.5 cm³/mol. The zero-order valence-corrected chi connectivity index (χ0v) is 11.8. The van der Waals surface area contributed by atoms with Crippen molar-refractivity contribution in [1.29, 1.82) is 0 Å². The van der Waals surface area contributed by atoms with Gasteiger partial charge in [-0.05, 0) is 30.6 Å². The molecule has 0 bridgehead atoms. The molecule has 2 saturated carbocycles. The van der Waals surface area contributed by atoms with Crippen molar-refractivity contribution in [2.45, 2.75) is 77.6 Å². The van der Waals surface area contributed by atoms with Crippen LogP contribution in [0.15, 0.2) is 0 Å². The Labute approximate surface area is 111 Å². The van der Waals surface area contributed by atoms with E-state index in [4.69, 9.17) is 5.11 Å². The van der Waals surface area contributed by atoms with Gasteiger partial charge in [0.05, 0.1) is 5.92 Å². The van der Waals surface area contributed by atoms with Gasteiger partial charge in [0.15, 0.2) is 0 Å². The second kappa shape index (κ2) is 6.08. The maximum atomic E-state index is 10.9. The van der Waals surface area contributed by atoms with Gasteiger partial charge in [0.2, 0.25) is 0 Å². The van der Waals surface area contributed by atoms with Crippen LogP contribution in [0.2, 0.25) is 0 Å². The normalized spacial score (nSPS) is 33.1. The lowest BCUT2D eigenvalue weighted by molar-refractivity contribution is -0.150. The Kier molecular flexibility index (Phi) is 4.69. The van der Waals surface area contributed by atoms with Crippen LogP contribution in [0.4, 0.5) is 0 Å². The van der Waals surface area contributed by atoms with E-state index >= 15 is 0 Å². The summed E-state index contributed by atoms with van der Waals surface area (Å²) in [6.07, 6.45) is 14.2. The summed E-state index contributed by atoms with van der Waals surface area (Å²) in [5.41, 5.74) is 0.387. The van der Waals surface area contributed by atoms with Gasteiger partial charge in [-0.15, -0.1) is 0 Å². The van der Waals surface area contributed by atoms with Crippen LogP contribution in [0.1, 0.15) is 77.6 Å². The molecule has 0 heterocycles. The summed E-state index contributed by atoms with van der Waals surface area (Å²) in [5, 5.41) is 8.99. The highest BCUT2D eigenvalue weighted by Gasteiger charge is 2.45. The lowest BCUT2D eigenvalue weighted by Gasteiger charge is -2.46. The molecule has 2 aliphatic rings. The number of rotatable bonds is 6. The molecule has 2 heteroatoms. The molecule has 1 N–H and O–H groups in total. The van der Waals surface area contributed by atoms with Crippen LogP contribution in [0.25, 0.3) is 0 Å². The Morgan fingerprint density at radius 2 is 1.89 bits per heavy atom. The van der Waals surface area contributed by atoms with E-state index in [9.17, 15) is 4.79 Å². The summed E-state index contributed by atoms with van der Waals surface area (Å²) >= 11 is 0. The van der Waals surface area contributed by atoms with E-state index in [1.807, 2.05) is 0 Å². The van der Waals surface area contributed by atoms with Gasteiger partial charge in [-0.2, -0.15) is 0 Å². The summed E-state index contributed by atoms with van der Waals surface area (Å²) in [6, 6.07) is 0. The lowest BCUT2D eigenvalue weighted by Crippen LogP contribution is -2.40. The molecule has 2 nitrogen and oxygen atoms in total. The van der Waals surface area contributed by atoms with E-state index in [2.05, 4.69) is 6.92 Å². The third-order valence-corrected chi connectivity index (χ3v) is 5.50. The van der Waals surface area contributed by atoms with Gasteiger partial charge in [-0.3, -0.25) is 4.79 Å². The topological polar surface area (TPSA) is 37.3 Å². The molecule has 0 saturated heterocycles. The minimum Gasteiger partial charge on any atom is -0.481 e. The van der Waals surface area contributed by atoms with E-state index in [0.717, 1.165) is 18.8 Å². The van der Waals surface area contributed by atoms with Gasteiger partial charge in [0, 0.05) is 0 Å². The van der Waals surface area contributed by atoms with Crippen molar-refractivity contribution in [2.75, 3.05) is 0 Å². The van der Waals surface area contributed by atoms with Crippen molar-refractivity contribution in [3.63, 3.8) is 0 Å². The fourth-order valence-electron chi connectivity index (χ4n) is 4.07. The summed E-state index contributed by atoms with van der Waals surface area (Å²) < 4.78 is 0. The number of carbonyl (C=O) groups is 1. The van der Waals surface area contributed by atoms with Crippen molar-refractivity contribution in [1.82, 2.24) is 0 Å². The van der Waals surface area contributed by atoms with E-state index in [1.165, 1.54) is 57.8 Å². The van der Waals surface area contributed by atoms with E-state index < -0.39 is 5.97 Å². The SMILES string of the molecule is CCC1(CCCC2CCCCC2)CC(C(=O)O)C1. The first kappa shape index (κ1) is 13.9. The van der Waals surface area contributed by atoms with Crippen molar-refractivity contribution in [3.05, 3.63) is 0 Å². The molecule has 0 aromatic rings. The number of carboxylic acid groups (broad SMARTS) is 1. The van der Waals surface area contributed by atoms with Crippen LogP contribution < -0.4 is 0 Å². The van der Waals surface area contributed by atoms with Crippen LogP contribution in [0, 0.1) is 17.3 Å². The molecule has 0 aliphatic heterocycles. The molecule has 18 heavy (non-hydrogen) atoms. The highest BCUT2D eigenvalue weighted by Crippen LogP contribution is 2.52. The fourth-order valence-corrected chi connectivity index (χ4v) is 4.07. The highest BCUT2D eigenvalue weighted by molar-refractivity contribution is 5.71. The minimum atomic E-state index is -0.577. The maximum absolute atomic E-state index is 10.9. The van der Waals surface area contributed by atoms with Crippen LogP contribution in [0.5, 0.6) is 0 Å². The van der Waals surface area contributed by atoms with Crippen molar-refractivity contribution in [3.8, 4) is 0 Å². The Hall–Kier alpha value is -0.530. The molecule has 0 aromatic heterocycles. The molecule has 0 spiro atoms. The lowest BCUT2D eigenvalue weighted by atomic mass is 9.58. The Bertz CT molecular complexity index is 273. The van der Waals surface area contributed by atoms with E-state index in [1.54, 1.807) is 0 Å². The number of aliphatic carboxylic acids is 1. The number of hydrogen-bond donors (Lipinski definition) is 1. The average molecular weight is 252 g/mol. The smallest absolute Gasteiger partial charge is 0.306 e. The molecule has 0 aromatic carbocycles. The molecule has 0 amide bonds. The van der Waals surface area contributed by atoms with Gasteiger partial charge in [-0.25, -0.2) is 0 Å². The number of hydrogen-bond acceptors (Lipinski definition) is 1. The van der Waals surface area contributed by atoms with Crippen LogP contribution in [-0.2, 0) is 4.79 Å². The summed E-state index contributed by atoms with van der Waals surface area (Å²) in [5.74, 6) is 0.356. The summed E-state index contributed by atoms with van der Waals surface area (Å²) in [6.45, 7) is 2.23. The predicted octanol–water partition coefficient (Wildman–Crippen LogP) is 4.63. The second-order valence-corrected chi connectivity index (χ2v) is 6.69. The zero-order chi connectivity index (χ0) is 13.0. The Morgan fingerprint density at radius 3 is 2.44 bits per heavy atom. The molecule has 2 fully saturated rings. The van der Waals surface area contributed by atoms with Gasteiger partial charge in [0.25, 0.3) is 0 Å². The molecule has 2 aliphatic carbocycles. The van der Waals surface area contributed by atoms with Gasteiger partial charge < -0.3 is 5.11 Å². The molecule has 0 radical (unpaired) electrons. The van der Waals surface area contributed by atoms with Crippen molar-refractivity contribution in [2.24, 2.45) is 17.3 Å². The molecular formula is C16H28O2. The second-order valence-electron chi connectivity index (χ2n) is 6.69. The van der Waals surface area contributed by atoms with Gasteiger partial charge >= 0.3 is 5.97 Å². The fraction of sp³-hybridized carbons (Fsp3) is 0.938. The molecule has 0 atom stereocenters. The first-order valence-electron chi connectivity index (χ1n) is 7.88. The quantitative estimate of drug-likeness (QED) is 0.748. The first-order valence-corrected chi connectivity index (χ1v) is 7.88. The van der Waals surface area contributed by atoms with Crippen LogP contribution >= 0.6 is 0 Å². The summed E-state index contributed by atoms with van der Waals surface area (Å²) in [4.78, 5) is 10.9. The molecular weight excluding hydrogens is 224 g/mol. The van der Waals surface area contributed by atoms with Gasteiger partial charge in [0.1, 0.15) is 0 Å². The largest absolute Gasteiger partial charge is 0.481 e. The number of carboxylic acids is 1. The van der Waals surface area contributed by atoms with Crippen LogP contribution in [0.3, 0.4) is 0 Å².